The zero-order valence-electron chi connectivity index (χ0n) is 22.8. The van der Waals surface area contributed by atoms with Gasteiger partial charge < -0.3 is 19.9 Å². The Morgan fingerprint density at radius 3 is 2.05 bits per heavy atom. The number of rotatable bonds is 5. The summed E-state index contributed by atoms with van der Waals surface area (Å²) in [6, 6.07) is 29.7. The van der Waals surface area contributed by atoms with Gasteiger partial charge in [0.2, 0.25) is 0 Å². The Bertz CT molecular complexity index is 1700. The molecular formula is C32H23F4N6Pt-3. The van der Waals surface area contributed by atoms with Crippen molar-refractivity contribution in [1.29, 1.82) is 0 Å². The minimum atomic E-state index is -0.970. The van der Waals surface area contributed by atoms with E-state index >= 15 is 0 Å². The van der Waals surface area contributed by atoms with Crippen molar-refractivity contribution in [2.24, 2.45) is 5.10 Å². The van der Waals surface area contributed by atoms with E-state index in [9.17, 15) is 17.6 Å². The van der Waals surface area contributed by atoms with Gasteiger partial charge in [0.15, 0.2) is 0 Å². The molecule has 0 unspecified atom stereocenters. The molecule has 1 aliphatic rings. The molecule has 11 heteroatoms. The smallest absolute Gasteiger partial charge is 0.129 e. The first-order valence-corrected chi connectivity index (χ1v) is 12.9. The number of nitrogens with zero attached hydrogens (tertiary/aromatic N) is 6. The van der Waals surface area contributed by atoms with Crippen LogP contribution in [-0.4, -0.2) is 20.8 Å². The molecule has 0 bridgehead atoms. The van der Waals surface area contributed by atoms with Crippen LogP contribution in [0, 0.1) is 42.6 Å². The van der Waals surface area contributed by atoms with Crippen molar-refractivity contribution in [3.05, 3.63) is 145 Å². The molecule has 1 aliphatic heterocycles. The van der Waals surface area contributed by atoms with Crippen molar-refractivity contribution in [1.82, 2.24) is 15.0 Å². The third-order valence-corrected chi connectivity index (χ3v) is 6.13. The van der Waals surface area contributed by atoms with Gasteiger partial charge in [0.05, 0.1) is 5.95 Å². The predicted octanol–water partition coefficient (Wildman–Crippen LogP) is 7.31. The first kappa shape index (κ1) is 31.5. The fraction of sp³-hybridized carbons (Fsp3) is 0.0938. The van der Waals surface area contributed by atoms with Gasteiger partial charge in [-0.25, -0.2) is 8.78 Å². The molecule has 4 heterocycles. The summed E-state index contributed by atoms with van der Waals surface area (Å²) in [6.45, 7) is 5.68. The molecule has 0 radical (unpaired) electrons. The Morgan fingerprint density at radius 1 is 0.791 bits per heavy atom. The van der Waals surface area contributed by atoms with Crippen molar-refractivity contribution in [3.63, 3.8) is 0 Å². The van der Waals surface area contributed by atoms with E-state index in [0.717, 1.165) is 28.9 Å². The van der Waals surface area contributed by atoms with Gasteiger partial charge in [-0.3, -0.25) is 13.8 Å². The number of hydrazone groups is 1. The van der Waals surface area contributed by atoms with Crippen LogP contribution in [0.15, 0.2) is 96.2 Å². The Labute approximate surface area is 261 Å². The van der Waals surface area contributed by atoms with E-state index in [1.54, 1.807) is 18.9 Å². The summed E-state index contributed by atoms with van der Waals surface area (Å²) >= 11 is 0. The molecule has 3 aromatic heterocycles. The number of aromatic nitrogens is 3. The van der Waals surface area contributed by atoms with Crippen LogP contribution in [0.2, 0.25) is 0 Å². The molecule has 0 atom stereocenters. The molecule has 0 aliphatic carbocycles. The summed E-state index contributed by atoms with van der Waals surface area (Å²) in [4.78, 5) is 12.2. The molecule has 6 rings (SSSR count). The quantitative estimate of drug-likeness (QED) is 0.107. The van der Waals surface area contributed by atoms with Gasteiger partial charge in [0, 0.05) is 38.5 Å². The monoisotopic (exact) mass is 762 g/mol. The third-order valence-electron chi connectivity index (χ3n) is 6.13. The summed E-state index contributed by atoms with van der Waals surface area (Å²) in [5.41, 5.74) is 3.22. The predicted molar refractivity (Wildman–Crippen MR) is 152 cm³/mol. The molecule has 0 saturated carbocycles. The second kappa shape index (κ2) is 14.2. The van der Waals surface area contributed by atoms with Gasteiger partial charge >= 0.3 is 0 Å². The summed E-state index contributed by atoms with van der Waals surface area (Å²) in [5, 5.41) is 5.77. The Balaban J connectivity index is 0.000000207. The Kier molecular flexibility index (Phi) is 10.4. The van der Waals surface area contributed by atoms with Crippen molar-refractivity contribution >= 4 is 17.2 Å². The molecule has 43 heavy (non-hydrogen) atoms. The van der Waals surface area contributed by atoms with Gasteiger partial charge in [-0.1, -0.05) is 85.6 Å². The van der Waals surface area contributed by atoms with Crippen LogP contribution in [0.1, 0.15) is 30.9 Å². The molecule has 222 valence electrons. The van der Waals surface area contributed by atoms with Gasteiger partial charge in [-0.15, -0.1) is 18.8 Å². The number of benzene rings is 2. The van der Waals surface area contributed by atoms with Crippen molar-refractivity contribution < 1.29 is 38.6 Å². The van der Waals surface area contributed by atoms with E-state index in [1.165, 1.54) is 5.01 Å². The van der Waals surface area contributed by atoms with E-state index < -0.39 is 23.8 Å². The molecule has 6 nitrogen and oxygen atoms in total. The van der Waals surface area contributed by atoms with Crippen molar-refractivity contribution in [3.8, 4) is 11.3 Å². The molecule has 2 aromatic carbocycles. The second-order valence-corrected chi connectivity index (χ2v) is 9.34. The van der Waals surface area contributed by atoms with Gasteiger partial charge in [0.1, 0.15) is 23.7 Å². The standard InChI is InChI=1S/C19H12F2N4.C13H11F2N2.Pt/c20-17-12-11-16(18(21)22-17)25-13-24(15-9-5-2-6-10-15)19(23-25)14-7-3-1-4-8-14;1-8(2)9-5-6-16-11(7-9)10-3-4-12(14)17-13(10)15;/h1-10,12-13H;4-8H,1-2H3;/q-2;-1;. The molecule has 0 amide bonds. The molecule has 5 aromatic rings. The Hall–Kier alpha value is -4.43. The maximum absolute atomic E-state index is 14.0. The van der Waals surface area contributed by atoms with Crippen LogP contribution in [-0.2, 0) is 21.1 Å². The normalized spacial score (nSPS) is 12.4. The largest absolute Gasteiger partial charge is 0.456 e. The molecule has 0 fully saturated rings. The van der Waals surface area contributed by atoms with Crippen LogP contribution in [0.4, 0.5) is 28.9 Å². The first-order chi connectivity index (χ1) is 20.3. The zero-order valence-corrected chi connectivity index (χ0v) is 25.1. The maximum atomic E-state index is 14.0. The summed E-state index contributed by atoms with van der Waals surface area (Å²) in [7, 11) is 0. The average molecular weight is 763 g/mol. The van der Waals surface area contributed by atoms with Crippen LogP contribution < -0.4 is 9.91 Å². The van der Waals surface area contributed by atoms with E-state index in [1.807, 2.05) is 85.5 Å². The molecule has 0 N–H and O–H groups in total. The van der Waals surface area contributed by atoms with Crippen LogP contribution in [0.5, 0.6) is 0 Å². The fourth-order valence-electron chi connectivity index (χ4n) is 4.03. The van der Waals surface area contributed by atoms with Crippen LogP contribution >= 0.6 is 0 Å². The molecular weight excluding hydrogens is 739 g/mol. The number of hydrogen-bond acceptors (Lipinski definition) is 6. The number of anilines is 2. The summed E-state index contributed by atoms with van der Waals surface area (Å²) in [5.74, 6) is -2.74. The third kappa shape index (κ3) is 7.51. The number of pyridine rings is 3. The van der Waals surface area contributed by atoms with Crippen LogP contribution in [0.3, 0.4) is 0 Å². The van der Waals surface area contributed by atoms with Crippen molar-refractivity contribution in [2.45, 2.75) is 19.8 Å². The average Bonchev–Trinajstić information content (AvgIpc) is 3.44. The molecule has 0 saturated heterocycles. The minimum absolute atomic E-state index is 0. The van der Waals surface area contributed by atoms with Crippen LogP contribution in [0.25, 0.3) is 11.3 Å². The van der Waals surface area contributed by atoms with E-state index in [-0.39, 0.29) is 32.3 Å². The minimum Gasteiger partial charge on any atom is -0.456 e. The zero-order chi connectivity index (χ0) is 29.6. The number of amidine groups is 1. The number of halogens is 4. The number of para-hydroxylation sites is 1. The topological polar surface area (TPSA) is 57.5 Å². The summed E-state index contributed by atoms with van der Waals surface area (Å²) < 4.78 is 53.2. The van der Waals surface area contributed by atoms with Gasteiger partial charge in [-0.05, 0) is 35.5 Å². The SMILES string of the molecule is CC(C)c1ccnc(-c2[c-]cc(F)nc2F)c1.Fc1c[c-]c(N2[CH-]N(c3ccccc3)C(c3ccccc3)=N2)c(F)n1.[Pt]. The fourth-order valence-corrected chi connectivity index (χ4v) is 4.03. The van der Waals surface area contributed by atoms with Gasteiger partial charge in [-0.2, -0.15) is 11.2 Å². The van der Waals surface area contributed by atoms with E-state index in [2.05, 4.69) is 32.2 Å². The summed E-state index contributed by atoms with van der Waals surface area (Å²) in [6.07, 6.45) is 1.60. The van der Waals surface area contributed by atoms with E-state index in [0.29, 0.717) is 17.4 Å². The van der Waals surface area contributed by atoms with Gasteiger partial charge in [0.25, 0.3) is 0 Å². The second-order valence-electron chi connectivity index (χ2n) is 9.34. The molecule has 0 spiro atoms. The number of hydrogen-bond donors (Lipinski definition) is 0. The van der Waals surface area contributed by atoms with Crippen molar-refractivity contribution in [2.75, 3.05) is 9.91 Å². The Morgan fingerprint density at radius 2 is 1.42 bits per heavy atom. The maximum Gasteiger partial charge on any atom is 0.129 e. The van der Waals surface area contributed by atoms with E-state index in [4.69, 9.17) is 0 Å². The first-order valence-electron chi connectivity index (χ1n) is 12.9.